The van der Waals surface area contributed by atoms with Gasteiger partial charge in [0.05, 0.1) is 5.41 Å². The van der Waals surface area contributed by atoms with Gasteiger partial charge >= 0.3 is 12.2 Å². The third-order valence-corrected chi connectivity index (χ3v) is 1.47. The zero-order valence-electron chi connectivity index (χ0n) is 6.83. The molecule has 0 radical (unpaired) electrons. The summed E-state index contributed by atoms with van der Waals surface area (Å²) in [6, 6.07) is -0.952. The Hall–Kier alpha value is -0.940. The maximum atomic E-state index is 12.1. The molecule has 0 heterocycles. The van der Waals surface area contributed by atoms with Crippen molar-refractivity contribution in [3.8, 4) is 0 Å². The SMILES string of the molecule is CC(C)(CNC(N)=O)C(F)(F)F. The molecular weight excluding hydrogens is 173 g/mol. The van der Waals surface area contributed by atoms with Gasteiger partial charge in [-0.3, -0.25) is 0 Å². The fourth-order valence-electron chi connectivity index (χ4n) is 0.408. The van der Waals surface area contributed by atoms with Crippen molar-refractivity contribution in [2.24, 2.45) is 11.1 Å². The minimum atomic E-state index is -4.34. The van der Waals surface area contributed by atoms with E-state index in [-0.39, 0.29) is 0 Å². The van der Waals surface area contributed by atoms with Gasteiger partial charge in [-0.1, -0.05) is 0 Å². The summed E-state index contributed by atoms with van der Waals surface area (Å²) in [5.41, 5.74) is 2.68. The number of nitrogens with one attached hydrogen (secondary N) is 1. The van der Waals surface area contributed by atoms with Gasteiger partial charge in [0, 0.05) is 6.54 Å². The topological polar surface area (TPSA) is 55.1 Å². The zero-order chi connectivity index (χ0) is 9.99. The summed E-state index contributed by atoms with van der Waals surface area (Å²) < 4.78 is 36.3. The maximum Gasteiger partial charge on any atom is 0.395 e. The van der Waals surface area contributed by atoms with Gasteiger partial charge in [0.25, 0.3) is 0 Å². The highest BCUT2D eigenvalue weighted by Gasteiger charge is 2.47. The van der Waals surface area contributed by atoms with Crippen molar-refractivity contribution in [2.75, 3.05) is 6.54 Å². The van der Waals surface area contributed by atoms with Crippen molar-refractivity contribution in [2.45, 2.75) is 20.0 Å². The molecule has 0 fully saturated rings. The molecule has 6 heteroatoms. The van der Waals surface area contributed by atoms with E-state index in [4.69, 9.17) is 0 Å². The van der Waals surface area contributed by atoms with Gasteiger partial charge in [-0.15, -0.1) is 0 Å². The van der Waals surface area contributed by atoms with Gasteiger partial charge in [-0.05, 0) is 13.8 Å². The highest BCUT2D eigenvalue weighted by atomic mass is 19.4. The first-order valence-electron chi connectivity index (χ1n) is 3.27. The Morgan fingerprint density at radius 3 is 2.08 bits per heavy atom. The van der Waals surface area contributed by atoms with E-state index >= 15 is 0 Å². The lowest BCUT2D eigenvalue weighted by atomic mass is 9.93. The van der Waals surface area contributed by atoms with E-state index in [2.05, 4.69) is 5.73 Å². The first-order chi connectivity index (χ1) is 5.17. The zero-order valence-corrected chi connectivity index (χ0v) is 6.83. The average molecular weight is 184 g/mol. The number of halogens is 3. The number of nitrogens with two attached hydrogens (primary N) is 1. The Balaban J connectivity index is 4.14. The molecule has 0 aliphatic heterocycles. The molecule has 2 amide bonds. The van der Waals surface area contributed by atoms with Crippen LogP contribution in [0.3, 0.4) is 0 Å². The van der Waals surface area contributed by atoms with E-state index in [1.807, 2.05) is 5.32 Å². The molecule has 0 aliphatic carbocycles. The highest BCUT2D eigenvalue weighted by Crippen LogP contribution is 2.36. The summed E-state index contributed by atoms with van der Waals surface area (Å²) in [5.74, 6) is 0. The molecule has 3 nitrogen and oxygen atoms in total. The number of rotatable bonds is 2. The lowest BCUT2D eigenvalue weighted by Gasteiger charge is -2.27. The normalized spacial score (nSPS) is 12.8. The van der Waals surface area contributed by atoms with Crippen LogP contribution >= 0.6 is 0 Å². The van der Waals surface area contributed by atoms with Crippen molar-refractivity contribution in [3.05, 3.63) is 0 Å². The lowest BCUT2D eigenvalue weighted by molar-refractivity contribution is -0.208. The molecule has 0 aromatic heterocycles. The van der Waals surface area contributed by atoms with Crippen molar-refractivity contribution in [1.82, 2.24) is 5.32 Å². The summed E-state index contributed by atoms with van der Waals surface area (Å²) in [4.78, 5) is 10.1. The summed E-state index contributed by atoms with van der Waals surface area (Å²) in [6.07, 6.45) is -4.34. The van der Waals surface area contributed by atoms with Gasteiger partial charge < -0.3 is 11.1 Å². The molecule has 0 aromatic rings. The molecule has 0 aromatic carbocycles. The van der Waals surface area contributed by atoms with Crippen LogP contribution in [-0.4, -0.2) is 18.8 Å². The second kappa shape index (κ2) is 3.20. The van der Waals surface area contributed by atoms with Crippen molar-refractivity contribution in [1.29, 1.82) is 0 Å². The number of urea groups is 1. The molecule has 0 atom stereocenters. The molecule has 0 saturated heterocycles. The summed E-state index contributed by atoms with van der Waals surface area (Å²) >= 11 is 0. The van der Waals surface area contributed by atoms with Crippen LogP contribution in [0.4, 0.5) is 18.0 Å². The third kappa shape index (κ3) is 2.98. The Morgan fingerprint density at radius 1 is 1.42 bits per heavy atom. The molecule has 3 N–H and O–H groups in total. The van der Waals surface area contributed by atoms with Gasteiger partial charge in [0.2, 0.25) is 0 Å². The van der Waals surface area contributed by atoms with Crippen LogP contribution in [-0.2, 0) is 0 Å². The molecule has 0 spiro atoms. The number of alkyl halides is 3. The Bertz CT molecular complexity index is 176. The quantitative estimate of drug-likeness (QED) is 0.666. The second-order valence-corrected chi connectivity index (χ2v) is 3.10. The van der Waals surface area contributed by atoms with Crippen LogP contribution in [0.1, 0.15) is 13.8 Å². The van der Waals surface area contributed by atoms with E-state index in [1.165, 1.54) is 0 Å². The molecule has 0 aliphatic rings. The number of hydrogen-bond donors (Lipinski definition) is 2. The monoisotopic (exact) mass is 184 g/mol. The smallest absolute Gasteiger partial charge is 0.352 e. The summed E-state index contributed by atoms with van der Waals surface area (Å²) in [7, 11) is 0. The maximum absolute atomic E-state index is 12.1. The first kappa shape index (κ1) is 11.1. The molecular formula is C6H11F3N2O. The van der Waals surface area contributed by atoms with E-state index in [1.54, 1.807) is 0 Å². The molecule has 12 heavy (non-hydrogen) atoms. The molecule has 0 saturated carbocycles. The minimum Gasteiger partial charge on any atom is -0.352 e. The Morgan fingerprint density at radius 2 is 1.83 bits per heavy atom. The van der Waals surface area contributed by atoms with Crippen molar-refractivity contribution in [3.63, 3.8) is 0 Å². The van der Waals surface area contributed by atoms with Crippen LogP contribution in [0.2, 0.25) is 0 Å². The predicted molar refractivity (Wildman–Crippen MR) is 37.4 cm³/mol. The number of hydrogen-bond acceptors (Lipinski definition) is 1. The number of amides is 2. The van der Waals surface area contributed by atoms with Gasteiger partial charge in [0.1, 0.15) is 0 Å². The highest BCUT2D eigenvalue weighted by molar-refractivity contribution is 5.71. The Kier molecular flexibility index (Phi) is 2.95. The number of carbonyl (C=O) groups is 1. The van der Waals surface area contributed by atoms with E-state index < -0.39 is 24.2 Å². The Labute approximate surface area is 68.1 Å². The number of primary amides is 1. The fourth-order valence-corrected chi connectivity index (χ4v) is 0.408. The van der Waals surface area contributed by atoms with Crippen LogP contribution in [0, 0.1) is 5.41 Å². The van der Waals surface area contributed by atoms with Gasteiger partial charge in [-0.25, -0.2) is 4.79 Å². The minimum absolute atomic E-state index is 0.508. The molecule has 72 valence electrons. The van der Waals surface area contributed by atoms with Crippen molar-refractivity contribution < 1.29 is 18.0 Å². The van der Waals surface area contributed by atoms with Crippen LogP contribution in [0.25, 0.3) is 0 Å². The van der Waals surface area contributed by atoms with Crippen molar-refractivity contribution >= 4 is 6.03 Å². The standard InChI is InChI=1S/C6H11F3N2O/c1-5(2,6(7,8)9)3-11-4(10)12/h3H2,1-2H3,(H3,10,11,12). The molecule has 0 bridgehead atoms. The predicted octanol–water partition coefficient (Wildman–Crippen LogP) is 1.24. The number of carbonyl (C=O) groups excluding carboxylic acids is 1. The molecule has 0 unspecified atom stereocenters. The van der Waals surface area contributed by atoms with Crippen LogP contribution in [0.5, 0.6) is 0 Å². The summed E-state index contributed by atoms with van der Waals surface area (Å²) in [6.45, 7) is 1.47. The summed E-state index contributed by atoms with van der Waals surface area (Å²) in [5, 5.41) is 1.91. The van der Waals surface area contributed by atoms with Crippen LogP contribution < -0.4 is 11.1 Å². The molecule has 0 rings (SSSR count). The van der Waals surface area contributed by atoms with Gasteiger partial charge in [0.15, 0.2) is 0 Å². The lowest BCUT2D eigenvalue weighted by Crippen LogP contribution is -2.44. The van der Waals surface area contributed by atoms with E-state index in [9.17, 15) is 18.0 Å². The van der Waals surface area contributed by atoms with E-state index in [0.717, 1.165) is 13.8 Å². The fraction of sp³-hybridized carbons (Fsp3) is 0.833. The van der Waals surface area contributed by atoms with E-state index in [0.29, 0.717) is 0 Å². The average Bonchev–Trinajstić information content (AvgIpc) is 1.81. The van der Waals surface area contributed by atoms with Gasteiger partial charge in [-0.2, -0.15) is 13.2 Å². The largest absolute Gasteiger partial charge is 0.395 e. The van der Waals surface area contributed by atoms with Crippen LogP contribution in [0.15, 0.2) is 0 Å². The third-order valence-electron chi connectivity index (χ3n) is 1.47. The second-order valence-electron chi connectivity index (χ2n) is 3.10. The first-order valence-corrected chi connectivity index (χ1v) is 3.27.